The Morgan fingerprint density at radius 2 is 2.25 bits per heavy atom. The van der Waals surface area contributed by atoms with E-state index in [9.17, 15) is 0 Å². The fraction of sp³-hybridized carbons (Fsp3) is 0.167. The molecule has 1 aromatic heterocycles. The lowest BCUT2D eigenvalue weighted by molar-refractivity contribution is 0.399. The lowest BCUT2D eigenvalue weighted by Crippen LogP contribution is -1.99. The van der Waals surface area contributed by atoms with Crippen LogP contribution in [0, 0.1) is 0 Å². The van der Waals surface area contributed by atoms with Crippen molar-refractivity contribution >= 4 is 23.8 Å². The van der Waals surface area contributed by atoms with Crippen LogP contribution in [-0.2, 0) is 0 Å². The van der Waals surface area contributed by atoms with Crippen LogP contribution in [0.3, 0.4) is 0 Å². The molecule has 0 atom stereocenters. The number of nitrogens with two attached hydrogens (primary N) is 1. The highest BCUT2D eigenvalue weighted by molar-refractivity contribution is 5.82. The fourth-order valence-electron chi connectivity index (χ4n) is 0.926. The van der Waals surface area contributed by atoms with Gasteiger partial charge in [0.15, 0.2) is 11.5 Å². The molecule has 6 heteroatoms. The monoisotopic (exact) mass is 164 g/mol. The Morgan fingerprint density at radius 3 is 3.00 bits per heavy atom. The van der Waals surface area contributed by atoms with E-state index in [1.165, 1.54) is 13.4 Å². The molecule has 2 rings (SSSR count). The highest BCUT2D eigenvalue weighted by Gasteiger charge is 2.17. The molecule has 0 saturated heterocycles. The van der Waals surface area contributed by atoms with Gasteiger partial charge in [-0.05, 0) is 0 Å². The summed E-state index contributed by atoms with van der Waals surface area (Å²) in [5, 5.41) is 3.87. The Bertz CT molecular complexity index is 348. The van der Waals surface area contributed by atoms with E-state index in [-0.39, 0.29) is 5.95 Å². The standard InChI is InChI=1S/C6H6N5O/c1-12-5-3-4(9-2-8-3)10-6(7)11-5/h2H,1H3,(H2,7,10,11). The highest BCUT2D eigenvalue weighted by Crippen LogP contribution is 2.34. The van der Waals surface area contributed by atoms with Gasteiger partial charge in [0.1, 0.15) is 6.34 Å². The fourth-order valence-corrected chi connectivity index (χ4v) is 0.926. The molecule has 0 bridgehead atoms. The Balaban J connectivity index is 2.60. The molecule has 6 nitrogen and oxygen atoms in total. The van der Waals surface area contributed by atoms with Gasteiger partial charge in [0.25, 0.3) is 0 Å². The van der Waals surface area contributed by atoms with E-state index in [4.69, 9.17) is 10.5 Å². The first-order valence-corrected chi connectivity index (χ1v) is 3.26. The van der Waals surface area contributed by atoms with Gasteiger partial charge in [0.2, 0.25) is 11.8 Å². The van der Waals surface area contributed by atoms with Crippen molar-refractivity contribution in [3.05, 3.63) is 0 Å². The maximum absolute atomic E-state index is 5.39. The van der Waals surface area contributed by atoms with Crippen molar-refractivity contribution in [2.24, 2.45) is 4.99 Å². The van der Waals surface area contributed by atoms with Gasteiger partial charge in [0.05, 0.1) is 7.11 Å². The summed E-state index contributed by atoms with van der Waals surface area (Å²) in [6, 6.07) is 0. The summed E-state index contributed by atoms with van der Waals surface area (Å²) in [5.74, 6) is 0.953. The largest absolute Gasteiger partial charge is 0.479 e. The molecular formula is C6H6N5O. The molecule has 2 heterocycles. The summed E-state index contributed by atoms with van der Waals surface area (Å²) in [6.45, 7) is 0. The molecule has 61 valence electrons. The number of fused-ring (bicyclic) bond motifs is 1. The van der Waals surface area contributed by atoms with Gasteiger partial charge >= 0.3 is 0 Å². The van der Waals surface area contributed by atoms with Crippen LogP contribution in [0.4, 0.5) is 17.5 Å². The summed E-state index contributed by atoms with van der Waals surface area (Å²) >= 11 is 0. The van der Waals surface area contributed by atoms with Crippen LogP contribution < -0.4 is 15.8 Å². The van der Waals surface area contributed by atoms with Crippen molar-refractivity contribution < 1.29 is 4.74 Å². The predicted molar refractivity (Wildman–Crippen MR) is 42.9 cm³/mol. The van der Waals surface area contributed by atoms with E-state index >= 15 is 0 Å². The zero-order valence-electron chi connectivity index (χ0n) is 6.35. The maximum Gasteiger partial charge on any atom is 0.247 e. The van der Waals surface area contributed by atoms with Crippen molar-refractivity contribution in [3.63, 3.8) is 0 Å². The minimum atomic E-state index is 0.139. The molecule has 1 radical (unpaired) electrons. The molecule has 0 unspecified atom stereocenters. The zero-order chi connectivity index (χ0) is 8.55. The van der Waals surface area contributed by atoms with E-state index < -0.39 is 0 Å². The van der Waals surface area contributed by atoms with Gasteiger partial charge in [-0.3, -0.25) is 0 Å². The highest BCUT2D eigenvalue weighted by atomic mass is 16.5. The van der Waals surface area contributed by atoms with Crippen molar-refractivity contribution in [3.8, 4) is 5.88 Å². The average Bonchev–Trinajstić information content (AvgIpc) is 2.50. The first-order valence-electron chi connectivity index (χ1n) is 3.26. The van der Waals surface area contributed by atoms with Crippen LogP contribution in [-0.4, -0.2) is 23.4 Å². The average molecular weight is 164 g/mol. The lowest BCUT2D eigenvalue weighted by Gasteiger charge is -2.02. The molecule has 0 spiro atoms. The molecular weight excluding hydrogens is 158 g/mol. The van der Waals surface area contributed by atoms with Crippen molar-refractivity contribution in [1.29, 1.82) is 0 Å². The molecule has 0 fully saturated rings. The number of ether oxygens (including phenoxy) is 1. The summed E-state index contributed by atoms with van der Waals surface area (Å²) in [4.78, 5) is 11.6. The first kappa shape index (κ1) is 6.84. The van der Waals surface area contributed by atoms with E-state index in [0.717, 1.165) is 0 Å². The minimum Gasteiger partial charge on any atom is -0.479 e. The van der Waals surface area contributed by atoms with Crippen LogP contribution in [0.1, 0.15) is 0 Å². The Labute approximate surface area is 68.5 Å². The molecule has 1 aromatic rings. The number of aliphatic imine (C=N–C) groups is 1. The molecule has 2 N–H and O–H groups in total. The minimum absolute atomic E-state index is 0.139. The molecule has 1 aliphatic rings. The summed E-state index contributed by atoms with van der Waals surface area (Å²) in [6.07, 6.45) is 1.39. The van der Waals surface area contributed by atoms with Crippen LogP contribution in [0.25, 0.3) is 0 Å². The number of anilines is 1. The first-order chi connectivity index (χ1) is 5.81. The maximum atomic E-state index is 5.39. The third-order valence-electron chi connectivity index (χ3n) is 1.41. The third-order valence-corrected chi connectivity index (χ3v) is 1.41. The van der Waals surface area contributed by atoms with Gasteiger partial charge in [-0.15, -0.1) is 0 Å². The molecule has 0 saturated carbocycles. The number of methoxy groups -OCH3 is 1. The summed E-state index contributed by atoms with van der Waals surface area (Å²) < 4.78 is 4.93. The third kappa shape index (κ3) is 0.849. The predicted octanol–water partition coefficient (Wildman–Crippen LogP) is -0.0233. The zero-order valence-corrected chi connectivity index (χ0v) is 6.35. The Morgan fingerprint density at radius 1 is 1.42 bits per heavy atom. The number of aromatic nitrogens is 2. The van der Waals surface area contributed by atoms with Crippen LogP contribution >= 0.6 is 0 Å². The summed E-state index contributed by atoms with van der Waals surface area (Å²) in [7, 11) is 1.50. The Kier molecular flexibility index (Phi) is 1.33. The van der Waals surface area contributed by atoms with Gasteiger partial charge in [-0.2, -0.15) is 9.97 Å². The van der Waals surface area contributed by atoms with E-state index in [0.29, 0.717) is 17.4 Å². The lowest BCUT2D eigenvalue weighted by atomic mass is 10.5. The second-order valence-corrected chi connectivity index (χ2v) is 2.14. The van der Waals surface area contributed by atoms with Gasteiger partial charge in [0, 0.05) is 0 Å². The number of rotatable bonds is 1. The quantitative estimate of drug-likeness (QED) is 0.631. The van der Waals surface area contributed by atoms with Gasteiger partial charge < -0.3 is 10.5 Å². The summed E-state index contributed by atoms with van der Waals surface area (Å²) in [5.41, 5.74) is 5.92. The van der Waals surface area contributed by atoms with Crippen molar-refractivity contribution in [1.82, 2.24) is 15.3 Å². The van der Waals surface area contributed by atoms with Gasteiger partial charge in [-0.1, -0.05) is 0 Å². The second-order valence-electron chi connectivity index (χ2n) is 2.14. The SMILES string of the molecule is COc1nc(N)nc2c1N=C[N]2. The number of nitrogen functional groups attached to an aromatic ring is 1. The molecule has 0 amide bonds. The smallest absolute Gasteiger partial charge is 0.247 e. The number of nitrogens with zero attached hydrogens (tertiary/aromatic N) is 4. The van der Waals surface area contributed by atoms with E-state index in [1.807, 2.05) is 0 Å². The van der Waals surface area contributed by atoms with Crippen LogP contribution in [0.15, 0.2) is 4.99 Å². The van der Waals surface area contributed by atoms with E-state index in [2.05, 4.69) is 20.3 Å². The second kappa shape index (κ2) is 2.33. The Hall–Kier alpha value is -1.85. The molecule has 0 aromatic carbocycles. The number of hydrogen-bond donors (Lipinski definition) is 1. The number of hydrogen-bond acceptors (Lipinski definition) is 5. The topological polar surface area (TPSA) is 87.5 Å². The van der Waals surface area contributed by atoms with Crippen LogP contribution in [0.2, 0.25) is 0 Å². The van der Waals surface area contributed by atoms with Crippen LogP contribution in [0.5, 0.6) is 5.88 Å². The molecule has 12 heavy (non-hydrogen) atoms. The normalized spacial score (nSPS) is 12.4. The van der Waals surface area contributed by atoms with Crippen molar-refractivity contribution in [2.75, 3.05) is 12.8 Å². The molecule has 0 aliphatic carbocycles. The van der Waals surface area contributed by atoms with Gasteiger partial charge in [-0.25, -0.2) is 10.3 Å². The van der Waals surface area contributed by atoms with E-state index in [1.54, 1.807) is 0 Å². The molecule has 1 aliphatic heterocycles. The van der Waals surface area contributed by atoms with Crippen molar-refractivity contribution in [2.45, 2.75) is 0 Å².